The number of carbonyl (C=O) groups is 2. The first-order valence-electron chi connectivity index (χ1n) is 7.81. The molecule has 0 spiro atoms. The molecule has 1 aromatic carbocycles. The van der Waals surface area contributed by atoms with E-state index in [1.165, 1.54) is 0 Å². The lowest BCUT2D eigenvalue weighted by atomic mass is 10.0. The zero-order valence-corrected chi connectivity index (χ0v) is 15.3. The molecule has 2 N–H and O–H groups in total. The van der Waals surface area contributed by atoms with Crippen LogP contribution in [-0.4, -0.2) is 41.3 Å². The van der Waals surface area contributed by atoms with E-state index >= 15 is 0 Å². The van der Waals surface area contributed by atoms with E-state index in [0.717, 1.165) is 11.1 Å². The van der Waals surface area contributed by atoms with Crippen LogP contribution in [0.4, 0.5) is 0 Å². The molecule has 0 saturated heterocycles. The van der Waals surface area contributed by atoms with Crippen molar-refractivity contribution in [2.45, 2.75) is 31.1 Å². The predicted molar refractivity (Wildman–Crippen MR) is 95.8 cm³/mol. The number of aliphatic carboxylic acids is 2. The van der Waals surface area contributed by atoms with Crippen LogP contribution in [0.2, 0.25) is 0 Å². The molecule has 0 aliphatic rings. The first-order chi connectivity index (χ1) is 12.1. The number of pyridine rings is 1. The molecule has 0 bridgehead atoms. The summed E-state index contributed by atoms with van der Waals surface area (Å²) in [7, 11) is -3.22. The van der Waals surface area contributed by atoms with Crippen LogP contribution in [0.25, 0.3) is 0 Å². The van der Waals surface area contributed by atoms with Gasteiger partial charge in [-0.2, -0.15) is 0 Å². The lowest BCUT2D eigenvalue weighted by Gasteiger charge is -2.08. The van der Waals surface area contributed by atoms with Crippen molar-refractivity contribution in [1.82, 2.24) is 4.98 Å². The smallest absolute Gasteiger partial charge is 0.414 e. The van der Waals surface area contributed by atoms with Gasteiger partial charge in [0.1, 0.15) is 0 Å². The first kappa shape index (κ1) is 21.3. The van der Waals surface area contributed by atoms with Crippen molar-refractivity contribution in [3.8, 4) is 0 Å². The van der Waals surface area contributed by atoms with Gasteiger partial charge in [0.2, 0.25) is 0 Å². The molecule has 2 aromatic rings. The average molecular weight is 379 g/mol. The molecule has 0 unspecified atom stereocenters. The second kappa shape index (κ2) is 9.67. The van der Waals surface area contributed by atoms with Crippen molar-refractivity contribution in [3.05, 3.63) is 59.9 Å². The Morgan fingerprint density at radius 2 is 1.46 bits per heavy atom. The van der Waals surface area contributed by atoms with Crippen molar-refractivity contribution >= 4 is 21.8 Å². The summed E-state index contributed by atoms with van der Waals surface area (Å²) >= 11 is 0. The number of nitrogens with zero attached hydrogens (tertiary/aromatic N) is 1. The molecule has 140 valence electrons. The normalized spacial score (nSPS) is 10.7. The largest absolute Gasteiger partial charge is 0.473 e. The first-order valence-corrected chi connectivity index (χ1v) is 9.46. The number of benzene rings is 1. The van der Waals surface area contributed by atoms with Crippen molar-refractivity contribution in [2.75, 3.05) is 5.75 Å². The summed E-state index contributed by atoms with van der Waals surface area (Å²) in [5, 5.41) is 14.8. The Kier molecular flexibility index (Phi) is 7.92. The Hall–Kier alpha value is -2.74. The Morgan fingerprint density at radius 3 is 1.88 bits per heavy atom. The van der Waals surface area contributed by atoms with Crippen LogP contribution in [-0.2, 0) is 25.8 Å². The van der Waals surface area contributed by atoms with E-state index in [0.29, 0.717) is 17.2 Å². The highest BCUT2D eigenvalue weighted by Gasteiger charge is 2.14. The van der Waals surface area contributed by atoms with Crippen LogP contribution < -0.4 is 0 Å². The third-order valence-corrected chi connectivity index (χ3v) is 5.23. The second-order valence-corrected chi connectivity index (χ2v) is 7.87. The van der Waals surface area contributed by atoms with Gasteiger partial charge in [-0.15, -0.1) is 0 Å². The molecule has 0 aliphatic carbocycles. The number of sulfone groups is 1. The molecule has 7 nitrogen and oxygen atoms in total. The maximum absolute atomic E-state index is 12.3. The summed E-state index contributed by atoms with van der Waals surface area (Å²) in [5.41, 5.74) is 2.14. The van der Waals surface area contributed by atoms with Gasteiger partial charge in [-0.1, -0.05) is 26.0 Å². The fraction of sp³-hybridized carbons (Fsp3) is 0.278. The Labute approximate surface area is 152 Å². The molecule has 1 heterocycles. The van der Waals surface area contributed by atoms with Gasteiger partial charge in [-0.05, 0) is 47.7 Å². The summed E-state index contributed by atoms with van der Waals surface area (Å²) in [5.74, 6) is -3.12. The number of aryl methyl sites for hydroxylation is 1. The van der Waals surface area contributed by atoms with Gasteiger partial charge in [0.05, 0.1) is 10.6 Å². The lowest BCUT2D eigenvalue weighted by Crippen LogP contribution is -2.09. The number of aromatic nitrogens is 1. The summed E-state index contributed by atoms with van der Waals surface area (Å²) in [6, 6.07) is 10.9. The van der Waals surface area contributed by atoms with Crippen LogP contribution in [0, 0.1) is 0 Å². The summed E-state index contributed by atoms with van der Waals surface area (Å²) in [4.78, 5) is 22.5. The number of carboxylic acid groups (broad SMARTS) is 2. The molecule has 0 saturated carbocycles. The van der Waals surface area contributed by atoms with Crippen LogP contribution in [0.5, 0.6) is 0 Å². The highest BCUT2D eigenvalue weighted by Crippen LogP contribution is 2.18. The quantitative estimate of drug-likeness (QED) is 0.765. The van der Waals surface area contributed by atoms with Crippen LogP contribution >= 0.6 is 0 Å². The molecule has 0 atom stereocenters. The van der Waals surface area contributed by atoms with Gasteiger partial charge in [-0.3, -0.25) is 4.98 Å². The standard InChI is InChI=1S/C16H19NO2S.C2H2O4/c1-13(2)15-3-5-16(6-4-15)20(18,19)12-9-14-7-10-17-11-8-14;3-1(4)2(5)6/h3-8,10-11,13H,9,12H2,1-2H3;(H,3,4)(H,5,6). The molecule has 26 heavy (non-hydrogen) atoms. The third kappa shape index (κ3) is 7.02. The van der Waals surface area contributed by atoms with Crippen molar-refractivity contribution in [2.24, 2.45) is 0 Å². The van der Waals surface area contributed by atoms with Crippen LogP contribution in [0.3, 0.4) is 0 Å². The highest BCUT2D eigenvalue weighted by molar-refractivity contribution is 7.91. The zero-order chi connectivity index (χ0) is 19.7. The molecular weight excluding hydrogens is 358 g/mol. The van der Waals surface area contributed by atoms with Crippen molar-refractivity contribution in [1.29, 1.82) is 0 Å². The third-order valence-electron chi connectivity index (χ3n) is 3.50. The maximum atomic E-state index is 12.3. The van der Waals surface area contributed by atoms with E-state index in [1.807, 2.05) is 24.3 Å². The minimum absolute atomic E-state index is 0.123. The van der Waals surface area contributed by atoms with E-state index in [4.69, 9.17) is 19.8 Å². The summed E-state index contributed by atoms with van der Waals surface area (Å²) in [6.07, 6.45) is 3.87. The van der Waals surface area contributed by atoms with Gasteiger partial charge < -0.3 is 10.2 Å². The number of carboxylic acids is 2. The van der Waals surface area contributed by atoms with Crippen LogP contribution in [0.1, 0.15) is 30.9 Å². The monoisotopic (exact) mass is 379 g/mol. The fourth-order valence-electron chi connectivity index (χ4n) is 1.98. The molecule has 8 heteroatoms. The van der Waals surface area contributed by atoms with E-state index in [-0.39, 0.29) is 5.75 Å². The second-order valence-electron chi connectivity index (χ2n) is 5.76. The topological polar surface area (TPSA) is 122 Å². The van der Waals surface area contributed by atoms with Gasteiger partial charge in [0.15, 0.2) is 9.84 Å². The Bertz CT molecular complexity index is 818. The zero-order valence-electron chi connectivity index (χ0n) is 14.5. The highest BCUT2D eigenvalue weighted by atomic mass is 32.2. The van der Waals surface area contributed by atoms with Gasteiger partial charge in [0, 0.05) is 12.4 Å². The minimum Gasteiger partial charge on any atom is -0.473 e. The van der Waals surface area contributed by atoms with E-state index in [2.05, 4.69) is 18.8 Å². The molecule has 0 amide bonds. The molecule has 0 fully saturated rings. The number of hydrogen-bond donors (Lipinski definition) is 2. The molecule has 0 aliphatic heterocycles. The van der Waals surface area contributed by atoms with Gasteiger partial charge in [-0.25, -0.2) is 18.0 Å². The minimum atomic E-state index is -3.22. The SMILES string of the molecule is CC(C)c1ccc(S(=O)(=O)CCc2ccncc2)cc1.O=C(O)C(=O)O. The van der Waals surface area contributed by atoms with E-state index < -0.39 is 21.8 Å². The maximum Gasteiger partial charge on any atom is 0.414 e. The van der Waals surface area contributed by atoms with Crippen LogP contribution in [0.15, 0.2) is 53.7 Å². The predicted octanol–water partition coefficient (Wildman–Crippen LogP) is 2.38. The van der Waals surface area contributed by atoms with E-state index in [1.54, 1.807) is 24.5 Å². The van der Waals surface area contributed by atoms with Gasteiger partial charge >= 0.3 is 11.9 Å². The molecule has 0 radical (unpaired) electrons. The molecule has 1 aromatic heterocycles. The number of hydrogen-bond acceptors (Lipinski definition) is 5. The van der Waals surface area contributed by atoms with Crippen molar-refractivity contribution < 1.29 is 28.2 Å². The fourth-order valence-corrected chi connectivity index (χ4v) is 3.27. The summed E-state index contributed by atoms with van der Waals surface area (Å²) in [6.45, 7) is 4.18. The average Bonchev–Trinajstić information content (AvgIpc) is 2.61. The Balaban J connectivity index is 0.000000487. The lowest BCUT2D eigenvalue weighted by molar-refractivity contribution is -0.159. The number of rotatable bonds is 5. The van der Waals surface area contributed by atoms with Crippen molar-refractivity contribution in [3.63, 3.8) is 0 Å². The van der Waals surface area contributed by atoms with Gasteiger partial charge in [0.25, 0.3) is 0 Å². The summed E-state index contributed by atoms with van der Waals surface area (Å²) < 4.78 is 24.5. The van der Waals surface area contributed by atoms with E-state index in [9.17, 15) is 8.42 Å². The molecular formula is C18H21NO6S. The Morgan fingerprint density at radius 1 is 0.962 bits per heavy atom. The molecule has 2 rings (SSSR count).